The van der Waals surface area contributed by atoms with Crippen LogP contribution >= 0.6 is 11.3 Å². The van der Waals surface area contributed by atoms with Gasteiger partial charge in [0.2, 0.25) is 0 Å². The summed E-state index contributed by atoms with van der Waals surface area (Å²) in [4.78, 5) is 16.8. The van der Waals surface area contributed by atoms with Gasteiger partial charge in [0, 0.05) is 29.3 Å². The number of carbonyl (C=O) groups excluding carboxylic acids is 1. The normalized spacial score (nSPS) is 18.6. The van der Waals surface area contributed by atoms with Crippen molar-refractivity contribution in [2.75, 3.05) is 7.05 Å². The second-order valence-electron chi connectivity index (χ2n) is 6.67. The third kappa shape index (κ3) is 3.17. The lowest BCUT2D eigenvalue weighted by Crippen LogP contribution is -2.43. The van der Waals surface area contributed by atoms with Crippen LogP contribution in [-0.4, -0.2) is 29.7 Å². The highest BCUT2D eigenvalue weighted by Gasteiger charge is 2.30. The number of rotatable bonds is 1. The quantitative estimate of drug-likeness (QED) is 0.781. The van der Waals surface area contributed by atoms with E-state index in [1.54, 1.807) is 4.90 Å². The third-order valence-electron chi connectivity index (χ3n) is 3.97. The fraction of sp³-hybridized carbons (Fsp3) is 0.688. The Morgan fingerprint density at radius 3 is 2.60 bits per heavy atom. The Balaban J connectivity index is 2.07. The number of aryl methyl sites for hydroxylation is 1. The van der Waals surface area contributed by atoms with E-state index in [0.717, 1.165) is 19.3 Å². The molecule has 0 aliphatic heterocycles. The number of hydrogen-bond donors (Lipinski definition) is 0. The molecule has 20 heavy (non-hydrogen) atoms. The monoisotopic (exact) mass is 295 g/mol. The van der Waals surface area contributed by atoms with Gasteiger partial charge < -0.3 is 9.64 Å². The zero-order valence-corrected chi connectivity index (χ0v) is 14.2. The van der Waals surface area contributed by atoms with Gasteiger partial charge in [0.25, 0.3) is 0 Å². The number of carbonyl (C=O) groups is 1. The predicted molar refractivity (Wildman–Crippen MR) is 83.6 cm³/mol. The van der Waals surface area contributed by atoms with Crippen LogP contribution in [0.2, 0.25) is 0 Å². The van der Waals surface area contributed by atoms with E-state index >= 15 is 0 Å². The minimum atomic E-state index is -0.429. The molecule has 0 saturated heterocycles. The van der Waals surface area contributed by atoms with Crippen molar-refractivity contribution in [3.05, 3.63) is 20.9 Å². The number of likely N-dealkylation sites (N-methyl/N-ethyl adjacent to an activating group) is 1. The van der Waals surface area contributed by atoms with Gasteiger partial charge in [-0.3, -0.25) is 0 Å². The summed E-state index contributed by atoms with van der Waals surface area (Å²) in [6, 6.07) is 0.259. The molecule has 1 aliphatic carbocycles. The van der Waals surface area contributed by atoms with E-state index in [9.17, 15) is 4.79 Å². The molecule has 1 aromatic heterocycles. The molecule has 1 atom stereocenters. The average molecular weight is 295 g/mol. The molecule has 1 aromatic rings. The summed E-state index contributed by atoms with van der Waals surface area (Å²) in [6.07, 6.45) is 2.85. The second kappa shape index (κ2) is 5.40. The summed E-state index contributed by atoms with van der Waals surface area (Å²) in [5.74, 6) is 0. The predicted octanol–water partition coefficient (Wildman–Crippen LogP) is 4.09. The highest BCUT2D eigenvalue weighted by atomic mass is 32.1. The summed E-state index contributed by atoms with van der Waals surface area (Å²) >= 11 is 1.88. The van der Waals surface area contributed by atoms with Gasteiger partial charge in [-0.05, 0) is 58.6 Å². The van der Waals surface area contributed by atoms with Crippen molar-refractivity contribution in [1.82, 2.24) is 4.90 Å². The molecule has 112 valence electrons. The molecule has 1 amide bonds. The molecule has 0 N–H and O–H groups in total. The minimum absolute atomic E-state index is 0.212. The molecule has 0 spiro atoms. The molecule has 0 aromatic carbocycles. The molecular formula is C16H25NO2S. The Hall–Kier alpha value is -1.03. The van der Waals surface area contributed by atoms with Gasteiger partial charge in [0.05, 0.1) is 0 Å². The maximum absolute atomic E-state index is 12.1. The van der Waals surface area contributed by atoms with Gasteiger partial charge in [-0.1, -0.05) is 0 Å². The van der Waals surface area contributed by atoms with Crippen LogP contribution < -0.4 is 0 Å². The number of nitrogens with zero attached hydrogens (tertiary/aromatic N) is 1. The van der Waals surface area contributed by atoms with E-state index < -0.39 is 5.60 Å². The van der Waals surface area contributed by atoms with E-state index in [-0.39, 0.29) is 12.1 Å². The Morgan fingerprint density at radius 1 is 1.35 bits per heavy atom. The van der Waals surface area contributed by atoms with Gasteiger partial charge in [-0.15, -0.1) is 11.3 Å². The van der Waals surface area contributed by atoms with Crippen LogP contribution in [0.3, 0.4) is 0 Å². The van der Waals surface area contributed by atoms with E-state index in [4.69, 9.17) is 4.74 Å². The van der Waals surface area contributed by atoms with Gasteiger partial charge >= 0.3 is 6.09 Å². The van der Waals surface area contributed by atoms with Crippen LogP contribution in [0.1, 0.15) is 48.1 Å². The molecule has 0 bridgehead atoms. The maximum Gasteiger partial charge on any atom is 0.410 e. The highest BCUT2D eigenvalue weighted by Crippen LogP contribution is 2.34. The van der Waals surface area contributed by atoms with E-state index in [0.29, 0.717) is 0 Å². The number of thiophene rings is 1. The summed E-state index contributed by atoms with van der Waals surface area (Å²) in [5.41, 5.74) is 2.53. The van der Waals surface area contributed by atoms with Crippen molar-refractivity contribution in [3.8, 4) is 0 Å². The smallest absolute Gasteiger partial charge is 0.410 e. The molecule has 0 fully saturated rings. The molecule has 0 radical (unpaired) electrons. The Kier molecular flexibility index (Phi) is 4.14. The largest absolute Gasteiger partial charge is 0.444 e. The first-order valence-corrected chi connectivity index (χ1v) is 8.04. The molecule has 1 aliphatic rings. The van der Waals surface area contributed by atoms with Crippen molar-refractivity contribution in [1.29, 1.82) is 0 Å². The molecule has 4 heteroatoms. The summed E-state index contributed by atoms with van der Waals surface area (Å²) < 4.78 is 5.46. The zero-order chi connectivity index (χ0) is 15.1. The van der Waals surface area contributed by atoms with Gasteiger partial charge in [-0.2, -0.15) is 0 Å². The Morgan fingerprint density at radius 2 is 2.00 bits per heavy atom. The Bertz CT molecular complexity index is 513. The number of hydrogen-bond acceptors (Lipinski definition) is 3. The fourth-order valence-corrected chi connectivity index (χ4v) is 3.98. The third-order valence-corrected chi connectivity index (χ3v) is 5.24. The summed E-state index contributed by atoms with van der Waals surface area (Å²) in [7, 11) is 1.86. The van der Waals surface area contributed by atoms with Crippen LogP contribution in [0.15, 0.2) is 0 Å². The fourth-order valence-electron chi connectivity index (χ4n) is 2.68. The average Bonchev–Trinajstić information content (AvgIpc) is 2.61. The van der Waals surface area contributed by atoms with Crippen molar-refractivity contribution >= 4 is 17.4 Å². The lowest BCUT2D eigenvalue weighted by atomic mass is 9.91. The molecule has 0 saturated carbocycles. The van der Waals surface area contributed by atoms with Crippen LogP contribution in [0.25, 0.3) is 0 Å². The van der Waals surface area contributed by atoms with Crippen LogP contribution in [0.4, 0.5) is 4.79 Å². The summed E-state index contributed by atoms with van der Waals surface area (Å²) in [6.45, 7) is 10.1. The first kappa shape index (κ1) is 15.4. The van der Waals surface area contributed by atoms with Crippen LogP contribution in [-0.2, 0) is 17.6 Å². The van der Waals surface area contributed by atoms with Crippen LogP contribution in [0, 0.1) is 13.8 Å². The molecule has 1 heterocycles. The molecule has 0 unspecified atom stereocenters. The standard InChI is InChI=1S/C16H25NO2S/c1-10-11(2)20-14-9-12(7-8-13(10)14)17(6)15(18)19-16(3,4)5/h12H,7-9H2,1-6H3/t12-/m1/s1. The van der Waals surface area contributed by atoms with E-state index in [1.165, 1.54) is 20.9 Å². The van der Waals surface area contributed by atoms with Gasteiger partial charge in [0.1, 0.15) is 5.60 Å². The van der Waals surface area contributed by atoms with Crippen molar-refractivity contribution in [2.45, 2.75) is 65.5 Å². The van der Waals surface area contributed by atoms with Crippen molar-refractivity contribution in [3.63, 3.8) is 0 Å². The van der Waals surface area contributed by atoms with Crippen molar-refractivity contribution < 1.29 is 9.53 Å². The van der Waals surface area contributed by atoms with Gasteiger partial charge in [-0.25, -0.2) is 4.79 Å². The van der Waals surface area contributed by atoms with E-state index in [2.05, 4.69) is 13.8 Å². The first-order chi connectivity index (χ1) is 9.19. The topological polar surface area (TPSA) is 29.5 Å². The lowest BCUT2D eigenvalue weighted by molar-refractivity contribution is 0.0211. The zero-order valence-electron chi connectivity index (χ0n) is 13.4. The minimum Gasteiger partial charge on any atom is -0.444 e. The second-order valence-corrected chi connectivity index (χ2v) is 7.98. The van der Waals surface area contributed by atoms with Crippen LogP contribution in [0.5, 0.6) is 0 Å². The lowest BCUT2D eigenvalue weighted by Gasteiger charge is -2.33. The molecule has 2 rings (SSSR count). The SMILES string of the molecule is Cc1sc2c(c1C)CC[C@@H](N(C)C(=O)OC(C)(C)C)C2. The van der Waals surface area contributed by atoms with Gasteiger partial charge in [0.15, 0.2) is 0 Å². The van der Waals surface area contributed by atoms with Crippen molar-refractivity contribution in [2.24, 2.45) is 0 Å². The molecular weight excluding hydrogens is 270 g/mol. The summed E-state index contributed by atoms with van der Waals surface area (Å²) in [5, 5.41) is 0. The highest BCUT2D eigenvalue weighted by molar-refractivity contribution is 7.12. The first-order valence-electron chi connectivity index (χ1n) is 7.22. The van der Waals surface area contributed by atoms with E-state index in [1.807, 2.05) is 39.2 Å². The maximum atomic E-state index is 12.1. The number of ether oxygens (including phenoxy) is 1. The Labute approximate surface area is 125 Å². The number of amides is 1. The number of fused-ring (bicyclic) bond motifs is 1. The molecule has 3 nitrogen and oxygen atoms in total.